The maximum absolute atomic E-state index is 12.1. The van der Waals surface area contributed by atoms with Crippen molar-refractivity contribution in [3.05, 3.63) is 34.9 Å². The fourth-order valence-electron chi connectivity index (χ4n) is 2.40. The monoisotopic (exact) mass is 251 g/mol. The maximum Gasteiger partial charge on any atom is 0.165 e. The molecule has 17 heavy (non-hydrogen) atoms. The van der Waals surface area contributed by atoms with Gasteiger partial charge in [-0.2, -0.15) is 0 Å². The van der Waals surface area contributed by atoms with E-state index in [1.807, 2.05) is 12.1 Å². The number of carbonyl (C=O) groups excluding carboxylic acids is 1. The molecule has 0 spiro atoms. The molecule has 1 aliphatic heterocycles. The summed E-state index contributed by atoms with van der Waals surface area (Å²) >= 11 is 6.02. The summed E-state index contributed by atoms with van der Waals surface area (Å²) in [4.78, 5) is 12.1. The van der Waals surface area contributed by atoms with Gasteiger partial charge in [-0.15, -0.1) is 0 Å². The second-order valence-corrected chi connectivity index (χ2v) is 5.29. The van der Waals surface area contributed by atoms with Crippen molar-refractivity contribution in [2.45, 2.75) is 32.2 Å². The molecule has 0 aliphatic carbocycles. The predicted molar refractivity (Wildman–Crippen MR) is 70.6 cm³/mol. The van der Waals surface area contributed by atoms with Crippen LogP contribution in [0.4, 0.5) is 0 Å². The summed E-state index contributed by atoms with van der Waals surface area (Å²) in [6.07, 6.45) is 2.83. The minimum Gasteiger partial charge on any atom is -0.314 e. The van der Waals surface area contributed by atoms with Gasteiger partial charge in [0.2, 0.25) is 0 Å². The van der Waals surface area contributed by atoms with Gasteiger partial charge in [0.05, 0.1) is 5.02 Å². The molecular weight excluding hydrogens is 234 g/mol. The summed E-state index contributed by atoms with van der Waals surface area (Å²) in [7, 11) is 0. The molecule has 1 heterocycles. The fourth-order valence-corrected chi connectivity index (χ4v) is 2.64. The molecule has 3 heteroatoms. The van der Waals surface area contributed by atoms with Crippen LogP contribution in [0.1, 0.15) is 36.5 Å². The summed E-state index contributed by atoms with van der Waals surface area (Å²) in [5.41, 5.74) is 0.647. The van der Waals surface area contributed by atoms with E-state index in [9.17, 15) is 4.79 Å². The van der Waals surface area contributed by atoms with Crippen LogP contribution in [-0.4, -0.2) is 18.4 Å². The van der Waals surface area contributed by atoms with E-state index in [4.69, 9.17) is 11.6 Å². The zero-order valence-electron chi connectivity index (χ0n) is 10.1. The lowest BCUT2D eigenvalue weighted by atomic mass is 9.90. The average Bonchev–Trinajstić information content (AvgIpc) is 2.29. The summed E-state index contributed by atoms with van der Waals surface area (Å²) in [6.45, 7) is 3.26. The number of carbonyl (C=O) groups is 1. The Morgan fingerprint density at radius 2 is 2.24 bits per heavy atom. The first-order chi connectivity index (χ1) is 8.16. The third-order valence-electron chi connectivity index (χ3n) is 3.36. The highest BCUT2D eigenvalue weighted by Gasteiger charge is 2.22. The normalized spacial score (nSPS) is 24.6. The van der Waals surface area contributed by atoms with Crippen molar-refractivity contribution in [3.63, 3.8) is 0 Å². The van der Waals surface area contributed by atoms with Crippen molar-refractivity contribution < 1.29 is 4.79 Å². The molecule has 2 nitrogen and oxygen atoms in total. The molecule has 1 aliphatic rings. The highest BCUT2D eigenvalue weighted by molar-refractivity contribution is 6.33. The van der Waals surface area contributed by atoms with Crippen LogP contribution >= 0.6 is 11.6 Å². The van der Waals surface area contributed by atoms with Crippen LogP contribution in [0.15, 0.2) is 24.3 Å². The van der Waals surface area contributed by atoms with Crippen LogP contribution in [0.25, 0.3) is 0 Å². The minimum atomic E-state index is 0.141. The third kappa shape index (κ3) is 3.30. The van der Waals surface area contributed by atoms with E-state index in [0.717, 1.165) is 13.0 Å². The molecule has 1 aromatic carbocycles. The molecule has 2 atom stereocenters. The Balaban J connectivity index is 1.99. The van der Waals surface area contributed by atoms with E-state index >= 15 is 0 Å². The minimum absolute atomic E-state index is 0.141. The summed E-state index contributed by atoms with van der Waals surface area (Å²) in [6, 6.07) is 7.58. The Hall–Kier alpha value is -0.860. The van der Waals surface area contributed by atoms with E-state index in [0.29, 0.717) is 29.0 Å². The van der Waals surface area contributed by atoms with Crippen molar-refractivity contribution in [1.29, 1.82) is 0 Å². The van der Waals surface area contributed by atoms with E-state index < -0.39 is 0 Å². The molecular formula is C14H18ClNO. The van der Waals surface area contributed by atoms with E-state index in [1.54, 1.807) is 12.1 Å². The summed E-state index contributed by atoms with van der Waals surface area (Å²) in [5, 5.41) is 3.96. The number of halogens is 1. The highest BCUT2D eigenvalue weighted by atomic mass is 35.5. The maximum atomic E-state index is 12.1. The van der Waals surface area contributed by atoms with Gasteiger partial charge in [-0.05, 0) is 37.4 Å². The number of piperidine rings is 1. The van der Waals surface area contributed by atoms with E-state index in [1.165, 1.54) is 6.42 Å². The molecule has 0 radical (unpaired) electrons. The lowest BCUT2D eigenvalue weighted by molar-refractivity contribution is 0.0959. The third-order valence-corrected chi connectivity index (χ3v) is 3.69. The average molecular weight is 252 g/mol. The first-order valence-corrected chi connectivity index (χ1v) is 6.55. The molecule has 1 fully saturated rings. The van der Waals surface area contributed by atoms with Gasteiger partial charge in [0, 0.05) is 18.0 Å². The van der Waals surface area contributed by atoms with Crippen LogP contribution < -0.4 is 5.32 Å². The van der Waals surface area contributed by atoms with Gasteiger partial charge >= 0.3 is 0 Å². The van der Waals surface area contributed by atoms with E-state index in [-0.39, 0.29) is 5.78 Å². The molecule has 0 amide bonds. The molecule has 2 rings (SSSR count). The first kappa shape index (κ1) is 12.6. The molecule has 1 aromatic rings. The highest BCUT2D eigenvalue weighted by Crippen LogP contribution is 2.21. The number of Topliss-reactive ketones (excluding diaryl/α,β-unsaturated/α-hetero) is 1. The second-order valence-electron chi connectivity index (χ2n) is 4.89. The van der Waals surface area contributed by atoms with Crippen molar-refractivity contribution in [3.8, 4) is 0 Å². The van der Waals surface area contributed by atoms with Gasteiger partial charge in [-0.3, -0.25) is 4.79 Å². The number of hydrogen-bond donors (Lipinski definition) is 1. The number of benzene rings is 1. The van der Waals surface area contributed by atoms with Gasteiger partial charge in [0.15, 0.2) is 5.78 Å². The van der Waals surface area contributed by atoms with Crippen LogP contribution in [0, 0.1) is 5.92 Å². The van der Waals surface area contributed by atoms with Crippen LogP contribution in [-0.2, 0) is 0 Å². The standard InChI is InChI=1S/C14H18ClNO/c1-10-6-7-16-11(8-10)9-14(17)12-4-2-3-5-13(12)15/h2-5,10-11,16H,6-9H2,1H3. The molecule has 2 unspecified atom stereocenters. The van der Waals surface area contributed by atoms with Crippen LogP contribution in [0.2, 0.25) is 5.02 Å². The lowest BCUT2D eigenvalue weighted by Crippen LogP contribution is -2.38. The first-order valence-electron chi connectivity index (χ1n) is 6.18. The zero-order chi connectivity index (χ0) is 12.3. The molecule has 0 saturated carbocycles. The Morgan fingerprint density at radius 1 is 1.47 bits per heavy atom. The Bertz CT molecular complexity index is 405. The van der Waals surface area contributed by atoms with Crippen LogP contribution in [0.5, 0.6) is 0 Å². The molecule has 1 saturated heterocycles. The Kier molecular flexibility index (Phi) is 4.19. The SMILES string of the molecule is CC1CCNC(CC(=O)c2ccccc2Cl)C1. The van der Waals surface area contributed by atoms with Gasteiger partial charge in [-0.25, -0.2) is 0 Å². The van der Waals surface area contributed by atoms with Crippen molar-refractivity contribution in [1.82, 2.24) is 5.32 Å². The number of hydrogen-bond acceptors (Lipinski definition) is 2. The number of nitrogens with one attached hydrogen (secondary N) is 1. The number of ketones is 1. The summed E-state index contributed by atoms with van der Waals surface area (Å²) in [5.74, 6) is 0.850. The molecule has 1 N–H and O–H groups in total. The van der Waals surface area contributed by atoms with Gasteiger partial charge < -0.3 is 5.32 Å². The zero-order valence-corrected chi connectivity index (χ0v) is 10.8. The molecule has 0 bridgehead atoms. The lowest BCUT2D eigenvalue weighted by Gasteiger charge is -2.27. The van der Waals surface area contributed by atoms with Crippen LogP contribution in [0.3, 0.4) is 0 Å². The van der Waals surface area contributed by atoms with Gasteiger partial charge in [-0.1, -0.05) is 30.7 Å². The Morgan fingerprint density at radius 3 is 2.94 bits per heavy atom. The Labute approximate surface area is 107 Å². The smallest absolute Gasteiger partial charge is 0.165 e. The quantitative estimate of drug-likeness (QED) is 0.836. The topological polar surface area (TPSA) is 29.1 Å². The van der Waals surface area contributed by atoms with Gasteiger partial charge in [0.25, 0.3) is 0 Å². The van der Waals surface area contributed by atoms with Crippen molar-refractivity contribution in [2.75, 3.05) is 6.54 Å². The second kappa shape index (κ2) is 5.65. The largest absolute Gasteiger partial charge is 0.314 e. The number of rotatable bonds is 3. The van der Waals surface area contributed by atoms with Gasteiger partial charge in [0.1, 0.15) is 0 Å². The van der Waals surface area contributed by atoms with Crippen molar-refractivity contribution >= 4 is 17.4 Å². The predicted octanol–water partition coefficient (Wildman–Crippen LogP) is 3.30. The van der Waals surface area contributed by atoms with Crippen molar-refractivity contribution in [2.24, 2.45) is 5.92 Å². The van der Waals surface area contributed by atoms with E-state index in [2.05, 4.69) is 12.2 Å². The molecule has 0 aromatic heterocycles. The fraction of sp³-hybridized carbons (Fsp3) is 0.500. The summed E-state index contributed by atoms with van der Waals surface area (Å²) < 4.78 is 0. The molecule has 92 valence electrons.